The minimum Gasteiger partial charge on any atom is -0.344 e. The smallest absolute Gasteiger partial charge is 0.273 e. The van der Waals surface area contributed by atoms with Crippen LogP contribution in [0.2, 0.25) is 10.2 Å². The molecule has 0 bridgehead atoms. The van der Waals surface area contributed by atoms with E-state index < -0.39 is 40.2 Å². The summed E-state index contributed by atoms with van der Waals surface area (Å²) in [5.41, 5.74) is -1.05. The van der Waals surface area contributed by atoms with Crippen molar-refractivity contribution in [1.82, 2.24) is 14.3 Å². The maximum atomic E-state index is 13.2. The molecule has 12 heteroatoms. The van der Waals surface area contributed by atoms with Crippen LogP contribution >= 0.6 is 23.2 Å². The largest absolute Gasteiger partial charge is 0.344 e. The molecule has 1 aliphatic carbocycles. The number of rotatable bonds is 5. The first-order chi connectivity index (χ1) is 12.8. The highest BCUT2D eigenvalue weighted by molar-refractivity contribution is 7.89. The first kappa shape index (κ1) is 21.0. The Kier molecular flexibility index (Phi) is 5.20. The van der Waals surface area contributed by atoms with Crippen LogP contribution in [0.15, 0.2) is 29.4 Å². The highest BCUT2D eigenvalue weighted by Crippen LogP contribution is 2.46. The fourth-order valence-corrected chi connectivity index (χ4v) is 5.51. The predicted molar refractivity (Wildman–Crippen MR) is 101 cm³/mol. The molecule has 0 saturated heterocycles. The Hall–Kier alpha value is -1.75. The number of carbonyl (C=O) groups is 1. The lowest BCUT2D eigenvalue weighted by molar-refractivity contribution is -0.121. The first-order valence-electron chi connectivity index (χ1n) is 8.01. The van der Waals surface area contributed by atoms with Gasteiger partial charge in [-0.15, -0.1) is 0 Å². The molecule has 152 valence electrons. The molecular weight excluding hydrogens is 437 g/mol. The van der Waals surface area contributed by atoms with Crippen LogP contribution in [0.5, 0.6) is 0 Å². The summed E-state index contributed by atoms with van der Waals surface area (Å²) in [7, 11) is -2.78. The average Bonchev–Trinajstić information content (AvgIpc) is 2.80. The van der Waals surface area contributed by atoms with E-state index in [1.807, 2.05) is 0 Å². The van der Waals surface area contributed by atoms with E-state index in [1.54, 1.807) is 0 Å². The molecule has 2 N–H and O–H groups in total. The van der Waals surface area contributed by atoms with E-state index >= 15 is 0 Å². The molecule has 28 heavy (non-hydrogen) atoms. The Balaban J connectivity index is 1.86. The number of nitrogens with zero attached hydrogens (tertiary/aromatic N) is 2. The summed E-state index contributed by atoms with van der Waals surface area (Å²) in [6, 6.07) is 2.91. The number of pyridine rings is 1. The number of carbonyl (C=O) groups excluding carboxylic acids is 1. The molecule has 0 aliphatic heterocycles. The number of halogens is 4. The number of nitrogens with one attached hydrogen (secondary N) is 2. The van der Waals surface area contributed by atoms with E-state index in [-0.39, 0.29) is 20.8 Å². The molecule has 0 spiro atoms. The van der Waals surface area contributed by atoms with Crippen molar-refractivity contribution in [3.63, 3.8) is 0 Å². The highest BCUT2D eigenvalue weighted by atomic mass is 35.5. The molecule has 0 atom stereocenters. The Morgan fingerprint density at radius 3 is 2.54 bits per heavy atom. The third kappa shape index (κ3) is 4.14. The van der Waals surface area contributed by atoms with Crippen LogP contribution in [-0.4, -0.2) is 35.3 Å². The second-order valence-corrected chi connectivity index (χ2v) is 9.38. The van der Waals surface area contributed by atoms with Crippen LogP contribution in [0.25, 0.3) is 0 Å². The Labute approximate surface area is 170 Å². The number of aromatic nitrogens is 2. The van der Waals surface area contributed by atoms with Crippen LogP contribution in [-0.2, 0) is 17.1 Å². The van der Waals surface area contributed by atoms with E-state index in [9.17, 15) is 22.0 Å². The van der Waals surface area contributed by atoms with Gasteiger partial charge in [0.15, 0.2) is 0 Å². The molecule has 0 radical (unpaired) electrons. The summed E-state index contributed by atoms with van der Waals surface area (Å²) >= 11 is 11.9. The van der Waals surface area contributed by atoms with Gasteiger partial charge in [0, 0.05) is 43.5 Å². The Morgan fingerprint density at radius 1 is 1.32 bits per heavy atom. The third-order valence-corrected chi connectivity index (χ3v) is 6.61. The standard InChI is InChI=1S/C16H16Cl2F2N4O3S/c1-15(7-16(19,20)8-15)23-28(26,27)10-6-24(2)13(12(10)18)14(25)22-9-3-4-21-11(17)5-9/h3-6,23H,7-8H2,1-2H3,(H,21,22,25). The second kappa shape index (κ2) is 6.94. The SMILES string of the molecule is Cn1cc(S(=O)(=O)NC2(C)CC(F)(F)C2)c(Cl)c1C(=O)Nc1ccnc(Cl)c1. The van der Waals surface area contributed by atoms with Gasteiger partial charge in [-0.25, -0.2) is 26.9 Å². The molecule has 0 aromatic carbocycles. The quantitative estimate of drug-likeness (QED) is 0.679. The number of aryl methyl sites for hydroxylation is 1. The van der Waals surface area contributed by atoms with E-state index in [0.29, 0.717) is 5.69 Å². The lowest BCUT2D eigenvalue weighted by Crippen LogP contribution is -2.60. The Morgan fingerprint density at radius 2 is 1.96 bits per heavy atom. The van der Waals surface area contributed by atoms with Crippen LogP contribution in [0.3, 0.4) is 0 Å². The van der Waals surface area contributed by atoms with Gasteiger partial charge in [-0.1, -0.05) is 23.2 Å². The van der Waals surface area contributed by atoms with Gasteiger partial charge in [-0.2, -0.15) is 0 Å². The topological polar surface area (TPSA) is 93.1 Å². The molecule has 0 unspecified atom stereocenters. The fourth-order valence-electron chi connectivity index (χ4n) is 3.23. The van der Waals surface area contributed by atoms with E-state index in [0.717, 1.165) is 6.20 Å². The van der Waals surface area contributed by atoms with Crippen LogP contribution < -0.4 is 10.0 Å². The zero-order chi connectivity index (χ0) is 20.9. The van der Waals surface area contributed by atoms with Crippen molar-refractivity contribution in [3.05, 3.63) is 40.4 Å². The second-order valence-electron chi connectivity index (χ2n) is 6.96. The van der Waals surface area contributed by atoms with Gasteiger partial charge < -0.3 is 9.88 Å². The van der Waals surface area contributed by atoms with Gasteiger partial charge in [-0.05, 0) is 19.1 Å². The molecule has 2 aromatic rings. The summed E-state index contributed by atoms with van der Waals surface area (Å²) in [6.07, 6.45) is 1.32. The van der Waals surface area contributed by atoms with Crippen molar-refractivity contribution >= 4 is 44.8 Å². The number of alkyl halides is 2. The molecule has 1 saturated carbocycles. The zero-order valence-corrected chi connectivity index (χ0v) is 17.1. The summed E-state index contributed by atoms with van der Waals surface area (Å²) in [4.78, 5) is 16.0. The van der Waals surface area contributed by atoms with Crippen LogP contribution in [0.4, 0.5) is 14.5 Å². The number of sulfonamides is 1. The van der Waals surface area contributed by atoms with E-state index in [2.05, 4.69) is 15.0 Å². The molecule has 2 heterocycles. The normalized spacial score (nSPS) is 17.8. The summed E-state index contributed by atoms with van der Waals surface area (Å²) < 4.78 is 55.1. The van der Waals surface area contributed by atoms with Gasteiger partial charge in [0.1, 0.15) is 15.7 Å². The highest BCUT2D eigenvalue weighted by Gasteiger charge is 2.55. The fraction of sp³-hybridized carbons (Fsp3) is 0.375. The van der Waals surface area contributed by atoms with Gasteiger partial charge in [0.05, 0.1) is 5.02 Å². The van der Waals surface area contributed by atoms with Crippen molar-refractivity contribution in [2.75, 3.05) is 5.32 Å². The monoisotopic (exact) mass is 452 g/mol. The van der Waals surface area contributed by atoms with Crippen molar-refractivity contribution in [2.24, 2.45) is 7.05 Å². The molecule has 3 rings (SSSR count). The number of hydrogen-bond donors (Lipinski definition) is 2. The van der Waals surface area contributed by atoms with Crippen molar-refractivity contribution in [1.29, 1.82) is 0 Å². The van der Waals surface area contributed by atoms with Gasteiger partial charge in [-0.3, -0.25) is 4.79 Å². The van der Waals surface area contributed by atoms with Crippen molar-refractivity contribution in [2.45, 2.75) is 36.1 Å². The van der Waals surface area contributed by atoms with E-state index in [4.69, 9.17) is 23.2 Å². The average molecular weight is 453 g/mol. The number of amides is 1. The predicted octanol–water partition coefficient (Wildman–Crippen LogP) is 3.45. The lowest BCUT2D eigenvalue weighted by Gasteiger charge is -2.44. The van der Waals surface area contributed by atoms with Gasteiger partial charge >= 0.3 is 0 Å². The number of hydrogen-bond acceptors (Lipinski definition) is 4. The molecule has 1 fully saturated rings. The molecule has 2 aromatic heterocycles. The Bertz CT molecular complexity index is 1050. The zero-order valence-electron chi connectivity index (χ0n) is 14.8. The van der Waals surface area contributed by atoms with Crippen molar-refractivity contribution in [3.8, 4) is 0 Å². The van der Waals surface area contributed by atoms with Crippen LogP contribution in [0.1, 0.15) is 30.3 Å². The molecule has 7 nitrogen and oxygen atoms in total. The lowest BCUT2D eigenvalue weighted by atomic mass is 9.76. The third-order valence-electron chi connectivity index (χ3n) is 4.26. The molecule has 1 amide bonds. The minimum atomic E-state index is -4.22. The first-order valence-corrected chi connectivity index (χ1v) is 10.3. The van der Waals surface area contributed by atoms with Crippen LogP contribution in [0, 0.1) is 0 Å². The molecular formula is C16H16Cl2F2N4O3S. The number of anilines is 1. The summed E-state index contributed by atoms with van der Waals surface area (Å²) in [5.74, 6) is -3.58. The minimum absolute atomic E-state index is 0.112. The van der Waals surface area contributed by atoms with Gasteiger partial charge in [0.25, 0.3) is 11.8 Å². The van der Waals surface area contributed by atoms with Crippen molar-refractivity contribution < 1.29 is 22.0 Å². The maximum absolute atomic E-state index is 13.2. The molecule has 1 aliphatic rings. The maximum Gasteiger partial charge on any atom is 0.273 e. The van der Waals surface area contributed by atoms with E-state index in [1.165, 1.54) is 36.9 Å². The van der Waals surface area contributed by atoms with Gasteiger partial charge in [0.2, 0.25) is 10.0 Å². The summed E-state index contributed by atoms with van der Waals surface area (Å²) in [5, 5.41) is 2.39. The summed E-state index contributed by atoms with van der Waals surface area (Å²) in [6.45, 7) is 1.39.